The standard InChI is InChI=1S/C25H19ClF3NO6/c1-3-34-19-11-14(8-9-17(19)26)22(31)20-21(18-10-7-13(2)35-18)30(24(33)23(20)32)15-5-4-6-16(12-15)36-25(27,28)29/h4-12,21,31H,3H2,1-2H3/b22-20-. The molecule has 2 heterocycles. The van der Waals surface area contributed by atoms with Crippen molar-refractivity contribution >= 4 is 34.7 Å². The number of halogens is 4. The van der Waals surface area contributed by atoms with Crippen LogP contribution in [0.5, 0.6) is 11.5 Å². The van der Waals surface area contributed by atoms with Crippen LogP contribution in [0.3, 0.4) is 0 Å². The molecule has 2 aromatic carbocycles. The smallest absolute Gasteiger partial charge is 0.507 e. The highest BCUT2D eigenvalue weighted by Gasteiger charge is 2.48. The molecule has 0 aliphatic carbocycles. The number of hydrogen-bond donors (Lipinski definition) is 1. The number of aryl methyl sites for hydroxylation is 1. The minimum Gasteiger partial charge on any atom is -0.507 e. The number of Topliss-reactive ketones (excluding diaryl/α,β-unsaturated/α-hetero) is 1. The molecule has 0 bridgehead atoms. The highest BCUT2D eigenvalue weighted by Crippen LogP contribution is 2.44. The molecule has 1 amide bonds. The van der Waals surface area contributed by atoms with E-state index in [1.807, 2.05) is 0 Å². The predicted octanol–water partition coefficient (Wildman–Crippen LogP) is 6.17. The fraction of sp³-hybridized carbons (Fsp3) is 0.200. The topological polar surface area (TPSA) is 89.2 Å². The number of ketones is 1. The molecule has 1 aliphatic heterocycles. The molecule has 0 saturated carbocycles. The Bertz CT molecular complexity index is 1360. The molecule has 1 saturated heterocycles. The Labute approximate surface area is 208 Å². The molecule has 7 nitrogen and oxygen atoms in total. The van der Waals surface area contributed by atoms with Crippen molar-refractivity contribution in [3.63, 3.8) is 0 Å². The maximum atomic E-state index is 13.2. The van der Waals surface area contributed by atoms with Crippen LogP contribution in [-0.2, 0) is 9.59 Å². The molecule has 1 unspecified atom stereocenters. The van der Waals surface area contributed by atoms with Gasteiger partial charge in [0.25, 0.3) is 11.7 Å². The van der Waals surface area contributed by atoms with Crippen LogP contribution in [0.1, 0.15) is 30.0 Å². The Morgan fingerprint density at radius 3 is 2.53 bits per heavy atom. The summed E-state index contributed by atoms with van der Waals surface area (Å²) in [6.45, 7) is 3.67. The van der Waals surface area contributed by atoms with Crippen molar-refractivity contribution in [3.8, 4) is 11.5 Å². The summed E-state index contributed by atoms with van der Waals surface area (Å²) in [7, 11) is 0. The Kier molecular flexibility index (Phi) is 6.73. The summed E-state index contributed by atoms with van der Waals surface area (Å²) in [5.41, 5.74) is -0.243. The van der Waals surface area contributed by atoms with Crippen LogP contribution in [0.2, 0.25) is 5.02 Å². The number of nitrogens with zero attached hydrogens (tertiary/aromatic N) is 1. The maximum absolute atomic E-state index is 13.2. The summed E-state index contributed by atoms with van der Waals surface area (Å²) in [5.74, 6) is -2.42. The zero-order chi connectivity index (χ0) is 26.2. The van der Waals surface area contributed by atoms with Crippen LogP contribution in [0.4, 0.5) is 18.9 Å². The first-order valence-electron chi connectivity index (χ1n) is 10.7. The van der Waals surface area contributed by atoms with Crippen LogP contribution in [0.25, 0.3) is 5.76 Å². The molecule has 4 rings (SSSR count). The van der Waals surface area contributed by atoms with Crippen molar-refractivity contribution in [3.05, 3.63) is 82.3 Å². The average Bonchev–Trinajstić information content (AvgIpc) is 3.35. The number of amides is 1. The highest BCUT2D eigenvalue weighted by molar-refractivity contribution is 6.51. The second-order valence-corrected chi connectivity index (χ2v) is 8.15. The molecule has 188 valence electrons. The van der Waals surface area contributed by atoms with Crippen molar-refractivity contribution < 1.29 is 41.8 Å². The average molecular weight is 522 g/mol. The number of aliphatic hydroxyl groups excluding tert-OH is 1. The molecule has 1 aliphatic rings. The molecule has 0 spiro atoms. The number of aliphatic hydroxyl groups is 1. The second kappa shape index (κ2) is 9.62. The first kappa shape index (κ1) is 25.2. The maximum Gasteiger partial charge on any atom is 0.573 e. The summed E-state index contributed by atoms with van der Waals surface area (Å²) in [5, 5.41) is 11.4. The lowest BCUT2D eigenvalue weighted by molar-refractivity contribution is -0.274. The van der Waals surface area contributed by atoms with Crippen molar-refractivity contribution in [2.75, 3.05) is 11.5 Å². The van der Waals surface area contributed by atoms with Gasteiger partial charge in [0.2, 0.25) is 0 Å². The summed E-state index contributed by atoms with van der Waals surface area (Å²) in [4.78, 5) is 27.3. The van der Waals surface area contributed by atoms with Crippen molar-refractivity contribution in [2.45, 2.75) is 26.3 Å². The third-order valence-electron chi connectivity index (χ3n) is 5.31. The fourth-order valence-corrected chi connectivity index (χ4v) is 4.04. The molecule has 1 N–H and O–H groups in total. The van der Waals surface area contributed by atoms with Gasteiger partial charge >= 0.3 is 6.36 Å². The van der Waals surface area contributed by atoms with Crippen LogP contribution in [0, 0.1) is 6.92 Å². The van der Waals surface area contributed by atoms with E-state index in [1.165, 1.54) is 36.4 Å². The number of furan rings is 1. The van der Waals surface area contributed by atoms with Gasteiger partial charge < -0.3 is 19.0 Å². The van der Waals surface area contributed by atoms with E-state index in [0.29, 0.717) is 5.76 Å². The number of benzene rings is 2. The molecule has 36 heavy (non-hydrogen) atoms. The van der Waals surface area contributed by atoms with E-state index in [2.05, 4.69) is 4.74 Å². The Morgan fingerprint density at radius 1 is 1.14 bits per heavy atom. The molecular weight excluding hydrogens is 503 g/mol. The summed E-state index contributed by atoms with van der Waals surface area (Å²) >= 11 is 6.12. The van der Waals surface area contributed by atoms with Crippen molar-refractivity contribution in [1.29, 1.82) is 0 Å². The monoisotopic (exact) mass is 521 g/mol. The second-order valence-electron chi connectivity index (χ2n) is 7.74. The molecule has 1 atom stereocenters. The van der Waals surface area contributed by atoms with Gasteiger partial charge in [-0.1, -0.05) is 17.7 Å². The molecule has 1 aromatic heterocycles. The highest BCUT2D eigenvalue weighted by atomic mass is 35.5. The van der Waals surface area contributed by atoms with E-state index in [0.717, 1.165) is 17.0 Å². The number of carbonyl (C=O) groups is 2. The summed E-state index contributed by atoms with van der Waals surface area (Å²) < 4.78 is 53.4. The fourth-order valence-electron chi connectivity index (χ4n) is 3.87. The van der Waals surface area contributed by atoms with Crippen LogP contribution in [0.15, 0.2) is 64.6 Å². The molecule has 3 aromatic rings. The van der Waals surface area contributed by atoms with E-state index in [-0.39, 0.29) is 40.0 Å². The van der Waals surface area contributed by atoms with Crippen molar-refractivity contribution in [2.24, 2.45) is 0 Å². The van der Waals surface area contributed by atoms with Gasteiger partial charge in [-0.3, -0.25) is 14.5 Å². The van der Waals surface area contributed by atoms with Gasteiger partial charge in [-0.25, -0.2) is 0 Å². The van der Waals surface area contributed by atoms with Gasteiger partial charge in [-0.15, -0.1) is 13.2 Å². The Balaban J connectivity index is 1.88. The normalized spacial score (nSPS) is 17.5. The Morgan fingerprint density at radius 2 is 1.89 bits per heavy atom. The van der Waals surface area contributed by atoms with Crippen molar-refractivity contribution in [1.82, 2.24) is 0 Å². The van der Waals surface area contributed by atoms with Crippen LogP contribution >= 0.6 is 11.6 Å². The number of ether oxygens (including phenoxy) is 2. The predicted molar refractivity (Wildman–Crippen MR) is 124 cm³/mol. The van der Waals surface area contributed by atoms with E-state index >= 15 is 0 Å². The SMILES string of the molecule is CCOc1cc(/C(O)=C2/C(=O)C(=O)N(c3cccc(OC(F)(F)F)c3)C2c2ccc(C)o2)ccc1Cl. The van der Waals surface area contributed by atoms with Gasteiger partial charge in [0.15, 0.2) is 0 Å². The van der Waals surface area contributed by atoms with Gasteiger partial charge in [-0.05, 0) is 56.3 Å². The third-order valence-corrected chi connectivity index (χ3v) is 5.62. The van der Waals surface area contributed by atoms with Crippen LogP contribution < -0.4 is 14.4 Å². The van der Waals surface area contributed by atoms with E-state index in [9.17, 15) is 27.9 Å². The van der Waals surface area contributed by atoms with E-state index < -0.39 is 35.6 Å². The Hall–Kier alpha value is -3.92. The van der Waals surface area contributed by atoms with Gasteiger partial charge in [0.1, 0.15) is 34.8 Å². The zero-order valence-corrected chi connectivity index (χ0v) is 19.7. The third kappa shape index (κ3) is 4.90. The summed E-state index contributed by atoms with van der Waals surface area (Å²) in [6, 6.07) is 10.8. The minimum absolute atomic E-state index is 0.0666. The number of carbonyl (C=O) groups excluding carboxylic acids is 2. The van der Waals surface area contributed by atoms with Crippen LogP contribution in [-0.4, -0.2) is 29.8 Å². The lowest BCUT2D eigenvalue weighted by Crippen LogP contribution is -2.29. The lowest BCUT2D eigenvalue weighted by Gasteiger charge is -2.24. The van der Waals surface area contributed by atoms with E-state index in [1.54, 1.807) is 19.9 Å². The number of anilines is 1. The number of hydrogen-bond acceptors (Lipinski definition) is 6. The number of rotatable bonds is 6. The first-order chi connectivity index (χ1) is 17.0. The van der Waals surface area contributed by atoms with E-state index in [4.69, 9.17) is 20.8 Å². The summed E-state index contributed by atoms with van der Waals surface area (Å²) in [6.07, 6.45) is -4.96. The largest absolute Gasteiger partial charge is 0.573 e. The molecule has 0 radical (unpaired) electrons. The van der Waals surface area contributed by atoms with Gasteiger partial charge in [-0.2, -0.15) is 0 Å². The van der Waals surface area contributed by atoms with Gasteiger partial charge in [0, 0.05) is 17.3 Å². The first-order valence-corrected chi connectivity index (χ1v) is 11.0. The number of alkyl halides is 3. The lowest BCUT2D eigenvalue weighted by atomic mass is 9.99. The zero-order valence-electron chi connectivity index (χ0n) is 18.9. The minimum atomic E-state index is -4.96. The quantitative estimate of drug-likeness (QED) is 0.237. The molecule has 1 fully saturated rings. The molecular formula is C25H19ClF3NO6. The van der Waals surface area contributed by atoms with Gasteiger partial charge in [0.05, 0.1) is 17.2 Å². The molecule has 11 heteroatoms.